The average molecular weight is 351 g/mol. The standard InChI is InChI=1S/C19H21N5O2/c20-12-17(24-26)19(25)22-11-5-10-21-18-13-6-1-3-8-15(13)23-16-9-4-2-7-14(16)18/h1,3,6,8,17H,2,4-5,7,9-11H2,(H,21,23)(H,22,25). The minimum absolute atomic E-state index is 0.380. The Bertz CT molecular complexity index is 859. The van der Waals surface area contributed by atoms with Crippen LogP contribution in [0, 0.1) is 16.2 Å². The predicted molar refractivity (Wildman–Crippen MR) is 99.7 cm³/mol. The van der Waals surface area contributed by atoms with Crippen molar-refractivity contribution in [2.75, 3.05) is 18.4 Å². The summed E-state index contributed by atoms with van der Waals surface area (Å²) in [6.45, 7) is 1.05. The number of anilines is 1. The van der Waals surface area contributed by atoms with Gasteiger partial charge < -0.3 is 10.6 Å². The molecule has 1 aromatic carbocycles. The molecule has 0 fully saturated rings. The molecular formula is C19H21N5O2. The number of nitriles is 1. The lowest BCUT2D eigenvalue weighted by Crippen LogP contribution is -2.33. The maximum absolute atomic E-state index is 11.5. The summed E-state index contributed by atoms with van der Waals surface area (Å²) >= 11 is 0. The van der Waals surface area contributed by atoms with Crippen molar-refractivity contribution in [3.8, 4) is 6.07 Å². The summed E-state index contributed by atoms with van der Waals surface area (Å²) in [6.07, 6.45) is 5.06. The summed E-state index contributed by atoms with van der Waals surface area (Å²) < 4.78 is 0. The van der Waals surface area contributed by atoms with Gasteiger partial charge in [0.2, 0.25) is 0 Å². The highest BCUT2D eigenvalue weighted by atomic mass is 16.3. The molecule has 0 saturated carbocycles. The normalized spacial score (nSPS) is 14.1. The molecule has 1 unspecified atom stereocenters. The van der Waals surface area contributed by atoms with Gasteiger partial charge in [0.25, 0.3) is 11.9 Å². The van der Waals surface area contributed by atoms with Gasteiger partial charge in [-0.1, -0.05) is 18.2 Å². The zero-order valence-corrected chi connectivity index (χ0v) is 14.5. The zero-order chi connectivity index (χ0) is 18.4. The van der Waals surface area contributed by atoms with E-state index in [0.717, 1.165) is 29.4 Å². The fraction of sp³-hybridized carbons (Fsp3) is 0.421. The van der Waals surface area contributed by atoms with Crippen molar-refractivity contribution >= 4 is 22.5 Å². The molecule has 1 aliphatic rings. The quantitative estimate of drug-likeness (QED) is 0.589. The third-order valence-electron chi connectivity index (χ3n) is 4.60. The molecule has 3 rings (SSSR count). The number of carbonyl (C=O) groups is 1. The van der Waals surface area contributed by atoms with Gasteiger partial charge in [-0.05, 0) is 48.9 Å². The molecule has 0 radical (unpaired) electrons. The van der Waals surface area contributed by atoms with E-state index in [0.29, 0.717) is 19.5 Å². The first kappa shape index (κ1) is 17.8. The molecule has 0 spiro atoms. The van der Waals surface area contributed by atoms with Gasteiger partial charge in [0.15, 0.2) is 0 Å². The van der Waals surface area contributed by atoms with Crippen molar-refractivity contribution in [3.05, 3.63) is 40.4 Å². The molecule has 7 heteroatoms. The molecule has 1 heterocycles. The number of nitrogens with one attached hydrogen (secondary N) is 2. The molecule has 134 valence electrons. The predicted octanol–water partition coefficient (Wildman–Crippen LogP) is 2.69. The topological polar surface area (TPSA) is 107 Å². The first-order valence-electron chi connectivity index (χ1n) is 8.88. The molecule has 1 amide bonds. The van der Waals surface area contributed by atoms with Crippen LogP contribution in [0.4, 0.5) is 5.69 Å². The second-order valence-electron chi connectivity index (χ2n) is 6.34. The van der Waals surface area contributed by atoms with Crippen molar-refractivity contribution in [2.45, 2.75) is 38.1 Å². The van der Waals surface area contributed by atoms with Crippen molar-refractivity contribution in [1.82, 2.24) is 10.3 Å². The number of hydrogen-bond donors (Lipinski definition) is 2. The molecule has 1 aliphatic carbocycles. The lowest BCUT2D eigenvalue weighted by atomic mass is 9.92. The third-order valence-corrected chi connectivity index (χ3v) is 4.60. The number of aromatic nitrogens is 1. The summed E-state index contributed by atoms with van der Waals surface area (Å²) in [5.74, 6) is -0.644. The number of para-hydroxylation sites is 1. The Kier molecular flexibility index (Phi) is 5.74. The number of carbonyl (C=O) groups excluding carboxylic acids is 1. The third kappa shape index (κ3) is 3.80. The fourth-order valence-electron chi connectivity index (χ4n) is 3.31. The van der Waals surface area contributed by atoms with Crippen molar-refractivity contribution in [3.63, 3.8) is 0 Å². The number of nitrogens with zero attached hydrogens (tertiary/aromatic N) is 3. The Morgan fingerprint density at radius 2 is 2.08 bits per heavy atom. The molecule has 26 heavy (non-hydrogen) atoms. The minimum atomic E-state index is -1.47. The number of fused-ring (bicyclic) bond motifs is 2. The van der Waals surface area contributed by atoms with Crippen LogP contribution < -0.4 is 10.6 Å². The van der Waals surface area contributed by atoms with Crippen molar-refractivity contribution in [2.24, 2.45) is 5.18 Å². The zero-order valence-electron chi connectivity index (χ0n) is 14.5. The SMILES string of the molecule is N#CC(N=O)C(=O)NCCCNc1c2c(nc3ccccc13)CCCC2. The van der Waals surface area contributed by atoms with Crippen LogP contribution in [-0.2, 0) is 17.6 Å². The lowest BCUT2D eigenvalue weighted by molar-refractivity contribution is -0.121. The Hall–Kier alpha value is -3.01. The molecule has 1 atom stereocenters. The number of aryl methyl sites for hydroxylation is 1. The summed E-state index contributed by atoms with van der Waals surface area (Å²) in [5, 5.41) is 18.3. The fourth-order valence-corrected chi connectivity index (χ4v) is 3.31. The van der Waals surface area contributed by atoms with Crippen molar-refractivity contribution < 1.29 is 4.79 Å². The van der Waals surface area contributed by atoms with E-state index in [1.54, 1.807) is 6.07 Å². The minimum Gasteiger partial charge on any atom is -0.384 e. The molecule has 0 bridgehead atoms. The monoisotopic (exact) mass is 351 g/mol. The molecule has 2 aromatic rings. The van der Waals surface area contributed by atoms with E-state index in [2.05, 4.69) is 21.9 Å². The van der Waals surface area contributed by atoms with E-state index >= 15 is 0 Å². The highest BCUT2D eigenvalue weighted by Gasteiger charge is 2.18. The van der Waals surface area contributed by atoms with Crippen LogP contribution in [0.1, 0.15) is 30.5 Å². The average Bonchev–Trinajstić information content (AvgIpc) is 2.68. The Balaban J connectivity index is 1.65. The van der Waals surface area contributed by atoms with Gasteiger partial charge in [-0.3, -0.25) is 9.78 Å². The number of rotatable bonds is 7. The van der Waals surface area contributed by atoms with E-state index in [1.165, 1.54) is 24.1 Å². The van der Waals surface area contributed by atoms with E-state index < -0.39 is 11.9 Å². The van der Waals surface area contributed by atoms with Crippen LogP contribution in [0.15, 0.2) is 29.4 Å². The molecule has 1 aromatic heterocycles. The van der Waals surface area contributed by atoms with Crippen LogP contribution >= 0.6 is 0 Å². The first-order chi connectivity index (χ1) is 12.7. The van der Waals surface area contributed by atoms with Gasteiger partial charge in [-0.2, -0.15) is 5.26 Å². The van der Waals surface area contributed by atoms with E-state index in [4.69, 9.17) is 10.2 Å². The summed E-state index contributed by atoms with van der Waals surface area (Å²) in [6, 6.07) is 8.21. The summed E-state index contributed by atoms with van der Waals surface area (Å²) in [4.78, 5) is 26.7. The van der Waals surface area contributed by atoms with Crippen LogP contribution in [0.25, 0.3) is 10.9 Å². The van der Waals surface area contributed by atoms with Crippen LogP contribution in [-0.4, -0.2) is 30.0 Å². The maximum atomic E-state index is 11.5. The van der Waals surface area contributed by atoms with Crippen molar-refractivity contribution in [1.29, 1.82) is 5.26 Å². The number of amides is 1. The molecule has 7 nitrogen and oxygen atoms in total. The molecular weight excluding hydrogens is 330 g/mol. The number of hydrogen-bond acceptors (Lipinski definition) is 6. The Morgan fingerprint density at radius 1 is 1.27 bits per heavy atom. The molecule has 2 N–H and O–H groups in total. The second kappa shape index (κ2) is 8.39. The van der Waals surface area contributed by atoms with Crippen LogP contribution in [0.2, 0.25) is 0 Å². The van der Waals surface area contributed by atoms with Gasteiger partial charge >= 0.3 is 0 Å². The van der Waals surface area contributed by atoms with Crippen LogP contribution in [0.5, 0.6) is 0 Å². The lowest BCUT2D eigenvalue weighted by Gasteiger charge is -2.21. The smallest absolute Gasteiger partial charge is 0.263 e. The number of benzene rings is 1. The summed E-state index contributed by atoms with van der Waals surface area (Å²) in [5.41, 5.74) is 4.62. The van der Waals surface area contributed by atoms with E-state index in [-0.39, 0.29) is 0 Å². The van der Waals surface area contributed by atoms with E-state index in [9.17, 15) is 9.70 Å². The van der Waals surface area contributed by atoms with E-state index in [1.807, 2.05) is 18.2 Å². The largest absolute Gasteiger partial charge is 0.384 e. The number of pyridine rings is 1. The highest BCUT2D eigenvalue weighted by molar-refractivity contribution is 5.93. The molecule has 0 saturated heterocycles. The summed E-state index contributed by atoms with van der Waals surface area (Å²) in [7, 11) is 0. The van der Waals surface area contributed by atoms with Gasteiger partial charge in [-0.15, -0.1) is 4.91 Å². The van der Waals surface area contributed by atoms with Gasteiger partial charge in [-0.25, -0.2) is 0 Å². The molecule has 0 aliphatic heterocycles. The Labute approximate surface area is 151 Å². The highest BCUT2D eigenvalue weighted by Crippen LogP contribution is 2.33. The van der Waals surface area contributed by atoms with Crippen LogP contribution in [0.3, 0.4) is 0 Å². The Morgan fingerprint density at radius 3 is 2.88 bits per heavy atom. The first-order valence-corrected chi connectivity index (χ1v) is 8.88. The number of nitroso groups, excluding NO2 is 1. The maximum Gasteiger partial charge on any atom is 0.263 e. The van der Waals surface area contributed by atoms with Gasteiger partial charge in [0, 0.05) is 29.9 Å². The van der Waals surface area contributed by atoms with Gasteiger partial charge in [0.05, 0.1) is 5.52 Å². The second-order valence-corrected chi connectivity index (χ2v) is 6.34. The van der Waals surface area contributed by atoms with Gasteiger partial charge in [0.1, 0.15) is 6.07 Å².